The zero-order chi connectivity index (χ0) is 14.9. The maximum absolute atomic E-state index is 5.70. The van der Waals surface area contributed by atoms with Crippen LogP contribution in [0.2, 0.25) is 0 Å². The molecule has 2 atom stereocenters. The lowest BCUT2D eigenvalue weighted by molar-refractivity contribution is 0.129. The van der Waals surface area contributed by atoms with Crippen molar-refractivity contribution in [1.82, 2.24) is 5.32 Å². The van der Waals surface area contributed by atoms with Gasteiger partial charge in [-0.2, -0.15) is 11.8 Å². The van der Waals surface area contributed by atoms with Gasteiger partial charge < -0.3 is 14.8 Å². The van der Waals surface area contributed by atoms with Gasteiger partial charge in [0.2, 0.25) is 0 Å². The fraction of sp³-hybridized carbons (Fsp3) is 0.647. The van der Waals surface area contributed by atoms with Crippen LogP contribution in [0.25, 0.3) is 0 Å². The zero-order valence-corrected chi connectivity index (χ0v) is 14.0. The predicted octanol–water partition coefficient (Wildman–Crippen LogP) is 3.65. The van der Waals surface area contributed by atoms with E-state index in [9.17, 15) is 0 Å². The molecule has 0 aromatic heterocycles. The third kappa shape index (κ3) is 5.53. The Morgan fingerprint density at radius 3 is 3.10 bits per heavy atom. The Kier molecular flexibility index (Phi) is 7.41. The van der Waals surface area contributed by atoms with Gasteiger partial charge in [-0.3, -0.25) is 0 Å². The molecule has 1 aromatic carbocycles. The predicted molar refractivity (Wildman–Crippen MR) is 90.3 cm³/mol. The van der Waals surface area contributed by atoms with Crippen LogP contribution in [-0.2, 0) is 4.74 Å². The maximum Gasteiger partial charge on any atom is 0.119 e. The molecular formula is C17H27NO2S. The summed E-state index contributed by atoms with van der Waals surface area (Å²) in [5, 5.41) is 3.65. The van der Waals surface area contributed by atoms with Crippen LogP contribution >= 0.6 is 11.8 Å². The summed E-state index contributed by atoms with van der Waals surface area (Å²) in [6.07, 6.45) is 4.06. The molecule has 0 spiro atoms. The molecule has 1 saturated heterocycles. The number of hydrogen-bond donors (Lipinski definition) is 1. The molecule has 2 rings (SSSR count). The van der Waals surface area contributed by atoms with E-state index < -0.39 is 0 Å². The Labute approximate surface area is 132 Å². The molecule has 21 heavy (non-hydrogen) atoms. The van der Waals surface area contributed by atoms with Crippen LogP contribution in [0.15, 0.2) is 24.3 Å². The summed E-state index contributed by atoms with van der Waals surface area (Å²) in [5.41, 5.74) is 1.31. The van der Waals surface area contributed by atoms with Gasteiger partial charge in [-0.15, -0.1) is 0 Å². The molecule has 0 saturated carbocycles. The summed E-state index contributed by atoms with van der Waals surface area (Å²) >= 11 is 1.99. The molecule has 1 aliphatic rings. The molecular weight excluding hydrogens is 282 g/mol. The number of methoxy groups -OCH3 is 1. The minimum absolute atomic E-state index is 0.381. The van der Waals surface area contributed by atoms with Gasteiger partial charge in [0.1, 0.15) is 5.75 Å². The number of nitrogens with one attached hydrogen (secondary N) is 1. The maximum atomic E-state index is 5.70. The van der Waals surface area contributed by atoms with Crippen molar-refractivity contribution >= 4 is 11.8 Å². The summed E-state index contributed by atoms with van der Waals surface area (Å²) in [5.74, 6) is 3.11. The van der Waals surface area contributed by atoms with E-state index in [4.69, 9.17) is 9.47 Å². The first-order valence-electron chi connectivity index (χ1n) is 7.90. The van der Waals surface area contributed by atoms with E-state index in [0.29, 0.717) is 12.1 Å². The Morgan fingerprint density at radius 2 is 2.38 bits per heavy atom. The van der Waals surface area contributed by atoms with Crippen LogP contribution in [0, 0.1) is 0 Å². The smallest absolute Gasteiger partial charge is 0.119 e. The van der Waals surface area contributed by atoms with Crippen LogP contribution in [0.3, 0.4) is 0 Å². The van der Waals surface area contributed by atoms with Crippen molar-refractivity contribution in [3.05, 3.63) is 29.8 Å². The molecule has 1 aliphatic heterocycles. The highest BCUT2D eigenvalue weighted by Crippen LogP contribution is 2.24. The van der Waals surface area contributed by atoms with Crippen molar-refractivity contribution in [2.24, 2.45) is 0 Å². The monoisotopic (exact) mass is 309 g/mol. The third-order valence-corrected chi connectivity index (χ3v) is 4.93. The number of benzene rings is 1. The van der Waals surface area contributed by atoms with Crippen molar-refractivity contribution < 1.29 is 9.47 Å². The lowest BCUT2D eigenvalue weighted by atomic mass is 10.1. The standard InChI is InChI=1S/C17H27NO2S/c1-3-9-18-17(13-21-12-16-8-5-10-20-16)14-6-4-7-15(11-14)19-2/h4,6-7,11,16-18H,3,5,8-10,12-13H2,1-2H3. The van der Waals surface area contributed by atoms with Crippen molar-refractivity contribution in [2.75, 3.05) is 31.8 Å². The van der Waals surface area contributed by atoms with Gasteiger partial charge in [-0.05, 0) is 43.5 Å². The molecule has 0 radical (unpaired) electrons. The Morgan fingerprint density at radius 1 is 1.48 bits per heavy atom. The average Bonchev–Trinajstić information content (AvgIpc) is 3.04. The van der Waals surface area contributed by atoms with Crippen LogP contribution < -0.4 is 10.1 Å². The van der Waals surface area contributed by atoms with E-state index in [1.807, 2.05) is 17.8 Å². The highest BCUT2D eigenvalue weighted by Gasteiger charge is 2.17. The molecule has 0 bridgehead atoms. The Bertz CT molecular complexity index is 408. The molecule has 4 heteroatoms. The number of rotatable bonds is 9. The second-order valence-electron chi connectivity index (χ2n) is 5.46. The third-order valence-electron chi connectivity index (χ3n) is 3.75. The molecule has 1 fully saturated rings. The van der Waals surface area contributed by atoms with Gasteiger partial charge in [0, 0.05) is 24.2 Å². The summed E-state index contributed by atoms with van der Waals surface area (Å²) in [6, 6.07) is 8.77. The number of thioether (sulfide) groups is 1. The summed E-state index contributed by atoms with van der Waals surface area (Å²) < 4.78 is 11.0. The second-order valence-corrected chi connectivity index (χ2v) is 6.53. The van der Waals surface area contributed by atoms with Gasteiger partial charge in [0.05, 0.1) is 13.2 Å². The van der Waals surface area contributed by atoms with E-state index in [1.54, 1.807) is 7.11 Å². The first-order chi connectivity index (χ1) is 10.3. The van der Waals surface area contributed by atoms with E-state index in [2.05, 4.69) is 30.4 Å². The van der Waals surface area contributed by atoms with Crippen molar-refractivity contribution in [3.8, 4) is 5.75 Å². The zero-order valence-electron chi connectivity index (χ0n) is 13.1. The van der Waals surface area contributed by atoms with Crippen LogP contribution in [0.5, 0.6) is 5.75 Å². The van der Waals surface area contributed by atoms with Crippen molar-refractivity contribution in [1.29, 1.82) is 0 Å². The fourth-order valence-corrected chi connectivity index (χ4v) is 3.75. The van der Waals surface area contributed by atoms with Gasteiger partial charge in [0.15, 0.2) is 0 Å². The van der Waals surface area contributed by atoms with E-state index in [-0.39, 0.29) is 0 Å². The molecule has 0 amide bonds. The topological polar surface area (TPSA) is 30.5 Å². The molecule has 3 nitrogen and oxygen atoms in total. The van der Waals surface area contributed by atoms with Crippen molar-refractivity contribution in [2.45, 2.75) is 38.3 Å². The molecule has 0 aliphatic carbocycles. The highest BCUT2D eigenvalue weighted by atomic mass is 32.2. The minimum atomic E-state index is 0.381. The number of ether oxygens (including phenoxy) is 2. The Hall–Kier alpha value is -0.710. The Balaban J connectivity index is 1.89. The minimum Gasteiger partial charge on any atom is -0.497 e. The summed E-state index contributed by atoms with van der Waals surface area (Å²) in [6.45, 7) is 4.19. The van der Waals surface area contributed by atoms with Gasteiger partial charge in [0.25, 0.3) is 0 Å². The first kappa shape index (κ1) is 16.7. The van der Waals surface area contributed by atoms with Crippen LogP contribution in [0.1, 0.15) is 37.8 Å². The summed E-state index contributed by atoms with van der Waals surface area (Å²) in [4.78, 5) is 0. The van der Waals surface area contributed by atoms with Gasteiger partial charge in [-0.1, -0.05) is 19.1 Å². The largest absolute Gasteiger partial charge is 0.497 e. The molecule has 118 valence electrons. The molecule has 1 N–H and O–H groups in total. The quantitative estimate of drug-likeness (QED) is 0.754. The second kappa shape index (κ2) is 9.34. The van der Waals surface area contributed by atoms with E-state index in [0.717, 1.165) is 36.8 Å². The fourth-order valence-electron chi connectivity index (χ4n) is 2.54. The normalized spacial score (nSPS) is 19.6. The highest BCUT2D eigenvalue weighted by molar-refractivity contribution is 7.99. The first-order valence-corrected chi connectivity index (χ1v) is 9.05. The van der Waals surface area contributed by atoms with E-state index in [1.165, 1.54) is 18.4 Å². The molecule has 1 heterocycles. The lowest BCUT2D eigenvalue weighted by Gasteiger charge is -2.20. The van der Waals surface area contributed by atoms with Crippen molar-refractivity contribution in [3.63, 3.8) is 0 Å². The SMILES string of the molecule is CCCNC(CSCC1CCCO1)c1cccc(OC)c1. The van der Waals surface area contributed by atoms with Crippen LogP contribution in [0.4, 0.5) is 0 Å². The van der Waals surface area contributed by atoms with Gasteiger partial charge >= 0.3 is 0 Å². The van der Waals surface area contributed by atoms with Crippen LogP contribution in [-0.4, -0.2) is 37.9 Å². The molecule has 1 aromatic rings. The average molecular weight is 309 g/mol. The lowest BCUT2D eigenvalue weighted by Crippen LogP contribution is -2.25. The number of hydrogen-bond acceptors (Lipinski definition) is 4. The van der Waals surface area contributed by atoms with Gasteiger partial charge in [-0.25, -0.2) is 0 Å². The summed E-state index contributed by atoms with van der Waals surface area (Å²) in [7, 11) is 1.72. The molecule has 2 unspecified atom stereocenters. The van der Waals surface area contributed by atoms with E-state index >= 15 is 0 Å².